The smallest absolute Gasteiger partial charge is 0.150 e. The van der Waals surface area contributed by atoms with E-state index in [4.69, 9.17) is 0 Å². The van der Waals surface area contributed by atoms with Crippen LogP contribution in [-0.4, -0.2) is 18.9 Å². The summed E-state index contributed by atoms with van der Waals surface area (Å²) >= 11 is 0. The standard InChI is InChI=1S/C13H17NO/c15-13(10-14-9-12-6-7-12)8-11-4-2-1-3-5-11/h1-5,12,14H,6-10H2. The molecule has 0 saturated heterocycles. The monoisotopic (exact) mass is 203 g/mol. The number of hydrogen-bond donors (Lipinski definition) is 1. The lowest BCUT2D eigenvalue weighted by atomic mass is 10.1. The predicted octanol–water partition coefficient (Wildman–Crippen LogP) is 1.80. The second-order valence-electron chi connectivity index (χ2n) is 4.28. The van der Waals surface area contributed by atoms with Gasteiger partial charge < -0.3 is 5.32 Å². The third-order valence-corrected chi connectivity index (χ3v) is 2.70. The highest BCUT2D eigenvalue weighted by Crippen LogP contribution is 2.27. The van der Waals surface area contributed by atoms with E-state index in [-0.39, 0.29) is 5.78 Å². The molecule has 15 heavy (non-hydrogen) atoms. The van der Waals surface area contributed by atoms with Crippen LogP contribution in [-0.2, 0) is 11.2 Å². The van der Waals surface area contributed by atoms with Gasteiger partial charge in [-0.15, -0.1) is 0 Å². The van der Waals surface area contributed by atoms with Gasteiger partial charge in [-0.25, -0.2) is 0 Å². The van der Waals surface area contributed by atoms with Gasteiger partial charge in [-0.1, -0.05) is 30.3 Å². The average molecular weight is 203 g/mol. The Kier molecular flexibility index (Phi) is 3.51. The van der Waals surface area contributed by atoms with Crippen LogP contribution in [0, 0.1) is 5.92 Å². The Bertz CT molecular complexity index is 317. The molecule has 80 valence electrons. The fourth-order valence-electron chi connectivity index (χ4n) is 1.62. The van der Waals surface area contributed by atoms with E-state index in [0.29, 0.717) is 13.0 Å². The van der Waals surface area contributed by atoms with Crippen LogP contribution in [0.5, 0.6) is 0 Å². The van der Waals surface area contributed by atoms with Crippen LogP contribution in [0.25, 0.3) is 0 Å². The van der Waals surface area contributed by atoms with Gasteiger partial charge in [-0.3, -0.25) is 4.79 Å². The van der Waals surface area contributed by atoms with E-state index in [1.807, 2.05) is 30.3 Å². The number of carbonyl (C=O) groups is 1. The van der Waals surface area contributed by atoms with E-state index in [1.54, 1.807) is 0 Å². The molecule has 0 unspecified atom stereocenters. The highest BCUT2D eigenvalue weighted by atomic mass is 16.1. The Morgan fingerprint density at radius 2 is 2.00 bits per heavy atom. The molecule has 1 saturated carbocycles. The van der Waals surface area contributed by atoms with Gasteiger partial charge in [0.2, 0.25) is 0 Å². The molecule has 0 aliphatic heterocycles. The molecule has 0 aromatic heterocycles. The average Bonchev–Trinajstić information content (AvgIpc) is 3.03. The molecule has 0 amide bonds. The minimum Gasteiger partial charge on any atom is -0.310 e. The summed E-state index contributed by atoms with van der Waals surface area (Å²) in [6.07, 6.45) is 3.22. The zero-order chi connectivity index (χ0) is 10.5. The molecule has 1 fully saturated rings. The topological polar surface area (TPSA) is 29.1 Å². The van der Waals surface area contributed by atoms with Crippen LogP contribution < -0.4 is 5.32 Å². The Morgan fingerprint density at radius 3 is 2.67 bits per heavy atom. The Balaban J connectivity index is 1.67. The summed E-state index contributed by atoms with van der Waals surface area (Å²) < 4.78 is 0. The first kappa shape index (κ1) is 10.4. The summed E-state index contributed by atoms with van der Waals surface area (Å²) in [5, 5.41) is 3.22. The molecular weight excluding hydrogens is 186 g/mol. The maximum atomic E-state index is 11.6. The number of nitrogens with one attached hydrogen (secondary N) is 1. The minimum atomic E-state index is 0.279. The molecule has 0 spiro atoms. The van der Waals surface area contributed by atoms with Gasteiger partial charge >= 0.3 is 0 Å². The SMILES string of the molecule is O=C(CNCC1CC1)Cc1ccccc1. The van der Waals surface area contributed by atoms with Gasteiger partial charge in [0, 0.05) is 6.42 Å². The summed E-state index contributed by atoms with van der Waals surface area (Å²) in [6, 6.07) is 9.91. The molecule has 2 rings (SSSR count). The summed E-state index contributed by atoms with van der Waals surface area (Å²) in [6.45, 7) is 1.53. The molecule has 1 N–H and O–H groups in total. The van der Waals surface area contributed by atoms with Crippen molar-refractivity contribution in [3.05, 3.63) is 35.9 Å². The van der Waals surface area contributed by atoms with Crippen LogP contribution in [0.1, 0.15) is 18.4 Å². The summed E-state index contributed by atoms with van der Waals surface area (Å²) in [7, 11) is 0. The maximum Gasteiger partial charge on any atom is 0.150 e. The normalized spacial score (nSPS) is 15.2. The van der Waals surface area contributed by atoms with Gasteiger partial charge in [0.25, 0.3) is 0 Å². The first-order chi connectivity index (χ1) is 7.34. The first-order valence-electron chi connectivity index (χ1n) is 5.61. The highest BCUT2D eigenvalue weighted by Gasteiger charge is 2.20. The molecule has 0 bridgehead atoms. The quantitative estimate of drug-likeness (QED) is 0.763. The molecule has 2 nitrogen and oxygen atoms in total. The van der Waals surface area contributed by atoms with Crippen LogP contribution in [0.3, 0.4) is 0 Å². The van der Waals surface area contributed by atoms with Crippen molar-refractivity contribution >= 4 is 5.78 Å². The van der Waals surface area contributed by atoms with E-state index < -0.39 is 0 Å². The van der Waals surface area contributed by atoms with E-state index in [9.17, 15) is 4.79 Å². The lowest BCUT2D eigenvalue weighted by molar-refractivity contribution is -0.117. The zero-order valence-corrected chi connectivity index (χ0v) is 8.91. The third kappa shape index (κ3) is 3.84. The summed E-state index contributed by atoms with van der Waals surface area (Å²) in [5.41, 5.74) is 1.11. The molecule has 2 heteroatoms. The Labute approximate surface area is 90.7 Å². The predicted molar refractivity (Wildman–Crippen MR) is 60.7 cm³/mol. The molecule has 1 aliphatic carbocycles. The second-order valence-corrected chi connectivity index (χ2v) is 4.28. The number of carbonyl (C=O) groups excluding carboxylic acids is 1. The minimum absolute atomic E-state index is 0.279. The van der Waals surface area contributed by atoms with E-state index in [1.165, 1.54) is 12.8 Å². The Hall–Kier alpha value is -1.15. The largest absolute Gasteiger partial charge is 0.310 e. The van der Waals surface area contributed by atoms with Crippen molar-refractivity contribution in [2.45, 2.75) is 19.3 Å². The van der Waals surface area contributed by atoms with E-state index >= 15 is 0 Å². The highest BCUT2D eigenvalue weighted by molar-refractivity contribution is 5.82. The van der Waals surface area contributed by atoms with Crippen molar-refractivity contribution in [1.29, 1.82) is 0 Å². The van der Waals surface area contributed by atoms with E-state index in [0.717, 1.165) is 18.0 Å². The fraction of sp³-hybridized carbons (Fsp3) is 0.462. The van der Waals surface area contributed by atoms with Gasteiger partial charge in [-0.2, -0.15) is 0 Å². The van der Waals surface area contributed by atoms with Gasteiger partial charge in [0.05, 0.1) is 6.54 Å². The summed E-state index contributed by atoms with van der Waals surface area (Å²) in [5.74, 6) is 1.12. The van der Waals surface area contributed by atoms with Crippen molar-refractivity contribution in [2.75, 3.05) is 13.1 Å². The lowest BCUT2D eigenvalue weighted by Crippen LogP contribution is -2.26. The van der Waals surface area contributed by atoms with Crippen molar-refractivity contribution in [1.82, 2.24) is 5.32 Å². The third-order valence-electron chi connectivity index (χ3n) is 2.70. The summed E-state index contributed by atoms with van der Waals surface area (Å²) in [4.78, 5) is 11.6. The van der Waals surface area contributed by atoms with Crippen molar-refractivity contribution in [3.8, 4) is 0 Å². The van der Waals surface area contributed by atoms with Crippen LogP contribution in [0.4, 0.5) is 0 Å². The maximum absolute atomic E-state index is 11.6. The number of ketones is 1. The van der Waals surface area contributed by atoms with Crippen LogP contribution in [0.15, 0.2) is 30.3 Å². The number of Topliss-reactive ketones (excluding diaryl/α,β-unsaturated/α-hetero) is 1. The number of benzene rings is 1. The van der Waals surface area contributed by atoms with Crippen molar-refractivity contribution < 1.29 is 4.79 Å². The molecule has 1 aromatic rings. The van der Waals surface area contributed by atoms with Crippen molar-refractivity contribution in [3.63, 3.8) is 0 Å². The molecule has 0 radical (unpaired) electrons. The molecule has 1 aromatic carbocycles. The van der Waals surface area contributed by atoms with Crippen molar-refractivity contribution in [2.24, 2.45) is 5.92 Å². The first-order valence-corrected chi connectivity index (χ1v) is 5.61. The molecule has 0 heterocycles. The molecular formula is C13H17NO. The van der Waals surface area contributed by atoms with Gasteiger partial charge in [0.15, 0.2) is 5.78 Å². The van der Waals surface area contributed by atoms with Gasteiger partial charge in [-0.05, 0) is 30.9 Å². The Morgan fingerprint density at radius 1 is 1.27 bits per heavy atom. The lowest BCUT2D eigenvalue weighted by Gasteiger charge is -2.03. The van der Waals surface area contributed by atoms with Crippen LogP contribution in [0.2, 0.25) is 0 Å². The number of rotatable bonds is 6. The molecule has 1 aliphatic rings. The number of hydrogen-bond acceptors (Lipinski definition) is 2. The fourth-order valence-corrected chi connectivity index (χ4v) is 1.62. The van der Waals surface area contributed by atoms with E-state index in [2.05, 4.69) is 5.32 Å². The second kappa shape index (κ2) is 5.08. The van der Waals surface area contributed by atoms with Gasteiger partial charge in [0.1, 0.15) is 0 Å². The zero-order valence-electron chi connectivity index (χ0n) is 8.91. The van der Waals surface area contributed by atoms with Crippen LogP contribution >= 0.6 is 0 Å². The molecule has 0 atom stereocenters.